The first-order valence-electron chi connectivity index (χ1n) is 5.93. The SMILES string of the molecule is Cc1ccc(C(=O)Nc2cccc(/C=C/C(=O)O)c2)o1. The van der Waals surface area contributed by atoms with Gasteiger partial charge < -0.3 is 14.8 Å². The third-order valence-corrected chi connectivity index (χ3v) is 2.53. The summed E-state index contributed by atoms with van der Waals surface area (Å²) in [6, 6.07) is 10.2. The number of benzene rings is 1. The Morgan fingerprint density at radius 2 is 2.05 bits per heavy atom. The van der Waals surface area contributed by atoms with Crippen molar-refractivity contribution in [1.29, 1.82) is 0 Å². The van der Waals surface area contributed by atoms with Gasteiger partial charge in [-0.25, -0.2) is 4.79 Å². The van der Waals surface area contributed by atoms with Gasteiger partial charge in [0.1, 0.15) is 5.76 Å². The molecular formula is C15H13NO4. The van der Waals surface area contributed by atoms with Gasteiger partial charge in [0, 0.05) is 11.8 Å². The summed E-state index contributed by atoms with van der Waals surface area (Å²) in [5.74, 6) is -0.481. The Hall–Kier alpha value is -2.82. The highest BCUT2D eigenvalue weighted by Crippen LogP contribution is 2.14. The van der Waals surface area contributed by atoms with Crippen LogP contribution >= 0.6 is 0 Å². The Kier molecular flexibility index (Phi) is 4.00. The van der Waals surface area contributed by atoms with Crippen molar-refractivity contribution in [2.75, 3.05) is 5.32 Å². The average molecular weight is 271 g/mol. The van der Waals surface area contributed by atoms with Crippen LogP contribution in [0.3, 0.4) is 0 Å². The number of hydrogen-bond donors (Lipinski definition) is 2. The summed E-state index contributed by atoms with van der Waals surface area (Å²) in [6.07, 6.45) is 2.49. The molecule has 2 N–H and O–H groups in total. The fourth-order valence-electron chi connectivity index (χ4n) is 1.64. The number of furan rings is 1. The van der Waals surface area contributed by atoms with Gasteiger partial charge in [-0.05, 0) is 42.8 Å². The lowest BCUT2D eigenvalue weighted by molar-refractivity contribution is -0.131. The van der Waals surface area contributed by atoms with Gasteiger partial charge in [0.25, 0.3) is 5.91 Å². The van der Waals surface area contributed by atoms with E-state index in [1.165, 1.54) is 6.08 Å². The molecule has 20 heavy (non-hydrogen) atoms. The third kappa shape index (κ3) is 3.58. The van der Waals surface area contributed by atoms with Crippen LogP contribution in [0.1, 0.15) is 21.9 Å². The first-order chi connectivity index (χ1) is 9.54. The van der Waals surface area contributed by atoms with Gasteiger partial charge in [-0.3, -0.25) is 4.79 Å². The quantitative estimate of drug-likeness (QED) is 0.838. The molecule has 5 nitrogen and oxygen atoms in total. The van der Waals surface area contributed by atoms with Crippen molar-refractivity contribution in [3.8, 4) is 0 Å². The zero-order valence-corrected chi connectivity index (χ0v) is 10.8. The van der Waals surface area contributed by atoms with Crippen molar-refractivity contribution in [1.82, 2.24) is 0 Å². The Morgan fingerprint density at radius 3 is 2.70 bits per heavy atom. The molecule has 1 amide bonds. The van der Waals surface area contributed by atoms with Crippen LogP contribution in [0.25, 0.3) is 6.08 Å². The van der Waals surface area contributed by atoms with Gasteiger partial charge in [-0.1, -0.05) is 12.1 Å². The maximum Gasteiger partial charge on any atom is 0.328 e. The largest absolute Gasteiger partial charge is 0.478 e. The summed E-state index contributed by atoms with van der Waals surface area (Å²) in [4.78, 5) is 22.3. The molecule has 0 saturated heterocycles. The fourth-order valence-corrected chi connectivity index (χ4v) is 1.64. The summed E-state index contributed by atoms with van der Waals surface area (Å²) in [5.41, 5.74) is 1.25. The molecule has 0 atom stereocenters. The van der Waals surface area contributed by atoms with E-state index in [2.05, 4.69) is 5.32 Å². The first kappa shape index (κ1) is 13.6. The lowest BCUT2D eigenvalue weighted by Gasteiger charge is -2.04. The number of aliphatic carboxylic acids is 1. The van der Waals surface area contributed by atoms with Crippen LogP contribution in [0, 0.1) is 6.92 Å². The van der Waals surface area contributed by atoms with Crippen LogP contribution in [0.15, 0.2) is 46.9 Å². The van der Waals surface area contributed by atoms with Crippen LogP contribution in [-0.2, 0) is 4.79 Å². The van der Waals surface area contributed by atoms with Crippen molar-refractivity contribution < 1.29 is 19.1 Å². The second-order valence-electron chi connectivity index (χ2n) is 4.16. The highest BCUT2D eigenvalue weighted by molar-refractivity contribution is 6.02. The van der Waals surface area contributed by atoms with E-state index in [1.807, 2.05) is 0 Å². The van der Waals surface area contributed by atoms with Gasteiger partial charge in [0.2, 0.25) is 0 Å². The maximum absolute atomic E-state index is 11.9. The maximum atomic E-state index is 11.9. The van der Waals surface area contributed by atoms with Gasteiger partial charge in [0.05, 0.1) is 0 Å². The van der Waals surface area contributed by atoms with Crippen molar-refractivity contribution in [3.05, 3.63) is 59.6 Å². The number of hydrogen-bond acceptors (Lipinski definition) is 3. The van der Waals surface area contributed by atoms with E-state index in [4.69, 9.17) is 9.52 Å². The van der Waals surface area contributed by atoms with Gasteiger partial charge in [0.15, 0.2) is 5.76 Å². The normalized spacial score (nSPS) is 10.7. The van der Waals surface area contributed by atoms with E-state index in [1.54, 1.807) is 43.3 Å². The molecule has 5 heteroatoms. The standard InChI is InChI=1S/C15H13NO4/c1-10-5-7-13(20-10)15(19)16-12-4-2-3-11(9-12)6-8-14(17)18/h2-9H,1H3,(H,16,19)(H,17,18)/b8-6+. The van der Waals surface area contributed by atoms with Crippen LogP contribution in [0.2, 0.25) is 0 Å². The average Bonchev–Trinajstić information content (AvgIpc) is 2.84. The van der Waals surface area contributed by atoms with E-state index in [9.17, 15) is 9.59 Å². The number of carboxylic acids is 1. The van der Waals surface area contributed by atoms with Gasteiger partial charge in [-0.2, -0.15) is 0 Å². The summed E-state index contributed by atoms with van der Waals surface area (Å²) >= 11 is 0. The number of nitrogens with one attached hydrogen (secondary N) is 1. The predicted molar refractivity (Wildman–Crippen MR) is 74.5 cm³/mol. The van der Waals surface area contributed by atoms with Gasteiger partial charge in [-0.15, -0.1) is 0 Å². The minimum Gasteiger partial charge on any atom is -0.478 e. The van der Waals surface area contributed by atoms with Crippen molar-refractivity contribution in [2.45, 2.75) is 6.92 Å². The van der Waals surface area contributed by atoms with Crippen molar-refractivity contribution in [3.63, 3.8) is 0 Å². The number of anilines is 1. The lowest BCUT2D eigenvalue weighted by Crippen LogP contribution is -2.10. The minimum atomic E-state index is -1.02. The number of carboxylic acid groups (broad SMARTS) is 1. The molecule has 0 radical (unpaired) electrons. The highest BCUT2D eigenvalue weighted by Gasteiger charge is 2.09. The van der Waals surface area contributed by atoms with Crippen LogP contribution in [0.5, 0.6) is 0 Å². The van der Waals surface area contributed by atoms with E-state index >= 15 is 0 Å². The predicted octanol–water partition coefficient (Wildman–Crippen LogP) is 2.94. The number of aryl methyl sites for hydroxylation is 1. The summed E-state index contributed by atoms with van der Waals surface area (Å²) < 4.78 is 5.22. The number of amides is 1. The third-order valence-electron chi connectivity index (χ3n) is 2.53. The first-order valence-corrected chi connectivity index (χ1v) is 5.93. The Bertz CT molecular complexity index is 670. The molecule has 1 heterocycles. The molecule has 2 rings (SSSR count). The molecule has 1 aromatic heterocycles. The van der Waals surface area contributed by atoms with Crippen molar-refractivity contribution >= 4 is 23.6 Å². The zero-order chi connectivity index (χ0) is 14.5. The molecule has 1 aromatic carbocycles. The molecule has 102 valence electrons. The topological polar surface area (TPSA) is 79.5 Å². The van der Waals surface area contributed by atoms with E-state index in [0.29, 0.717) is 17.0 Å². The van der Waals surface area contributed by atoms with E-state index in [0.717, 1.165) is 6.08 Å². The molecule has 0 spiro atoms. The number of carbonyl (C=O) groups is 2. The zero-order valence-electron chi connectivity index (χ0n) is 10.8. The molecule has 0 unspecified atom stereocenters. The van der Waals surface area contributed by atoms with Crippen LogP contribution in [0.4, 0.5) is 5.69 Å². The smallest absolute Gasteiger partial charge is 0.328 e. The molecule has 0 aliphatic carbocycles. The lowest BCUT2D eigenvalue weighted by atomic mass is 10.2. The summed E-state index contributed by atoms with van der Waals surface area (Å²) in [5, 5.41) is 11.3. The molecular weight excluding hydrogens is 258 g/mol. The number of rotatable bonds is 4. The molecule has 0 aliphatic heterocycles. The molecule has 0 fully saturated rings. The minimum absolute atomic E-state index is 0.231. The Labute approximate surface area is 115 Å². The van der Waals surface area contributed by atoms with Crippen LogP contribution in [-0.4, -0.2) is 17.0 Å². The monoisotopic (exact) mass is 271 g/mol. The van der Waals surface area contributed by atoms with Gasteiger partial charge >= 0.3 is 5.97 Å². The molecule has 0 aliphatic rings. The molecule has 0 bridgehead atoms. The number of carbonyl (C=O) groups excluding carboxylic acids is 1. The Balaban J connectivity index is 2.11. The van der Waals surface area contributed by atoms with Crippen LogP contribution < -0.4 is 5.32 Å². The second-order valence-corrected chi connectivity index (χ2v) is 4.16. The van der Waals surface area contributed by atoms with E-state index in [-0.39, 0.29) is 11.7 Å². The Morgan fingerprint density at radius 1 is 1.25 bits per heavy atom. The highest BCUT2D eigenvalue weighted by atomic mass is 16.4. The second kappa shape index (κ2) is 5.88. The molecule has 0 saturated carbocycles. The summed E-state index contributed by atoms with van der Waals surface area (Å²) in [6.45, 7) is 1.76. The van der Waals surface area contributed by atoms with E-state index < -0.39 is 5.97 Å². The summed E-state index contributed by atoms with van der Waals surface area (Å²) in [7, 11) is 0. The molecule has 2 aromatic rings. The van der Waals surface area contributed by atoms with Crippen molar-refractivity contribution in [2.24, 2.45) is 0 Å². The fraction of sp³-hybridized carbons (Fsp3) is 0.0667.